The van der Waals surface area contributed by atoms with Crippen molar-refractivity contribution in [2.75, 3.05) is 6.61 Å². The zero-order valence-electron chi connectivity index (χ0n) is 10.6. The lowest BCUT2D eigenvalue weighted by Gasteiger charge is -2.09. The Kier molecular flexibility index (Phi) is 5.15. The number of carbonyl (C=O) groups is 1. The highest BCUT2D eigenvalue weighted by molar-refractivity contribution is 6.32. The van der Waals surface area contributed by atoms with Crippen LogP contribution in [0.25, 0.3) is 0 Å². The molecule has 0 bridgehead atoms. The minimum Gasteiger partial charge on any atom is -0.465 e. The summed E-state index contributed by atoms with van der Waals surface area (Å²) in [7, 11) is 0. The average Bonchev–Trinajstić information content (AvgIpc) is 2.39. The SMILES string of the molecule is CCOC(=O)[C@H](C#N)c1cc(Cl)c([N+](=O)[O-])cc1[N+](=O)[O-]. The van der Waals surface area contributed by atoms with Crippen molar-refractivity contribution < 1.29 is 19.4 Å². The summed E-state index contributed by atoms with van der Waals surface area (Å²) in [6.07, 6.45) is 0. The monoisotopic (exact) mass is 313 g/mol. The quantitative estimate of drug-likeness (QED) is 0.462. The molecule has 0 aliphatic carbocycles. The van der Waals surface area contributed by atoms with Crippen molar-refractivity contribution in [2.24, 2.45) is 0 Å². The number of benzene rings is 1. The van der Waals surface area contributed by atoms with E-state index in [4.69, 9.17) is 16.9 Å². The fourth-order valence-corrected chi connectivity index (χ4v) is 1.81. The molecule has 1 rings (SSSR count). The Balaban J connectivity index is 3.51. The molecule has 0 spiro atoms. The molecule has 0 radical (unpaired) electrons. The highest BCUT2D eigenvalue weighted by Crippen LogP contribution is 2.36. The molecular weight excluding hydrogens is 306 g/mol. The summed E-state index contributed by atoms with van der Waals surface area (Å²) in [5.41, 5.74) is -1.78. The van der Waals surface area contributed by atoms with Gasteiger partial charge in [0.25, 0.3) is 11.4 Å². The van der Waals surface area contributed by atoms with Gasteiger partial charge in [-0.15, -0.1) is 0 Å². The van der Waals surface area contributed by atoms with Crippen LogP contribution < -0.4 is 0 Å². The maximum Gasteiger partial charge on any atom is 0.328 e. The van der Waals surface area contributed by atoms with Crippen molar-refractivity contribution in [1.29, 1.82) is 5.26 Å². The second-order valence-corrected chi connectivity index (χ2v) is 4.10. The van der Waals surface area contributed by atoms with Gasteiger partial charge in [0.1, 0.15) is 5.02 Å². The van der Waals surface area contributed by atoms with E-state index in [0.29, 0.717) is 6.07 Å². The molecule has 0 aliphatic rings. The molecule has 0 heterocycles. The van der Waals surface area contributed by atoms with E-state index in [1.54, 1.807) is 6.07 Å². The summed E-state index contributed by atoms with van der Waals surface area (Å²) < 4.78 is 4.64. The van der Waals surface area contributed by atoms with E-state index < -0.39 is 38.1 Å². The van der Waals surface area contributed by atoms with Gasteiger partial charge in [-0.3, -0.25) is 25.0 Å². The Morgan fingerprint density at radius 1 is 1.38 bits per heavy atom. The number of nitrogens with zero attached hydrogens (tertiary/aromatic N) is 3. The van der Waals surface area contributed by atoms with Gasteiger partial charge >= 0.3 is 5.97 Å². The molecule has 21 heavy (non-hydrogen) atoms. The van der Waals surface area contributed by atoms with E-state index in [0.717, 1.165) is 6.07 Å². The molecule has 1 aromatic rings. The maximum atomic E-state index is 11.6. The number of carbonyl (C=O) groups excluding carboxylic acids is 1. The molecule has 0 fully saturated rings. The van der Waals surface area contributed by atoms with Crippen LogP contribution in [0.1, 0.15) is 18.4 Å². The van der Waals surface area contributed by atoms with Gasteiger partial charge in [0.15, 0.2) is 5.92 Å². The van der Waals surface area contributed by atoms with Gasteiger partial charge in [-0.05, 0) is 13.0 Å². The van der Waals surface area contributed by atoms with Gasteiger partial charge in [-0.25, -0.2) is 0 Å². The molecule has 0 saturated carbocycles. The van der Waals surface area contributed by atoms with Crippen LogP contribution in [0.4, 0.5) is 11.4 Å². The normalized spacial score (nSPS) is 11.3. The summed E-state index contributed by atoms with van der Waals surface area (Å²) in [5, 5.41) is 30.3. The largest absolute Gasteiger partial charge is 0.465 e. The number of esters is 1. The van der Waals surface area contributed by atoms with Gasteiger partial charge < -0.3 is 4.74 Å². The third-order valence-corrected chi connectivity index (χ3v) is 2.75. The molecule has 110 valence electrons. The first-order valence-corrected chi connectivity index (χ1v) is 5.89. The van der Waals surface area contributed by atoms with Gasteiger partial charge in [0.05, 0.1) is 34.2 Å². The van der Waals surface area contributed by atoms with Crippen LogP contribution in [0.5, 0.6) is 0 Å². The van der Waals surface area contributed by atoms with Crippen LogP contribution >= 0.6 is 11.6 Å². The number of hydrogen-bond acceptors (Lipinski definition) is 7. The Morgan fingerprint density at radius 3 is 2.38 bits per heavy atom. The molecule has 0 amide bonds. The Bertz CT molecular complexity index is 654. The van der Waals surface area contributed by atoms with Gasteiger partial charge in [0, 0.05) is 0 Å². The van der Waals surface area contributed by atoms with Gasteiger partial charge in [-0.2, -0.15) is 5.26 Å². The zero-order valence-corrected chi connectivity index (χ0v) is 11.4. The van der Waals surface area contributed by atoms with Crippen molar-refractivity contribution in [3.63, 3.8) is 0 Å². The lowest BCUT2D eigenvalue weighted by atomic mass is 9.98. The lowest BCUT2D eigenvalue weighted by molar-refractivity contribution is -0.394. The number of halogens is 1. The number of nitro groups is 2. The van der Waals surface area contributed by atoms with Crippen molar-refractivity contribution in [1.82, 2.24) is 0 Å². The first-order chi connectivity index (χ1) is 9.83. The van der Waals surface area contributed by atoms with Crippen LogP contribution in [0.3, 0.4) is 0 Å². The average molecular weight is 314 g/mol. The fourth-order valence-electron chi connectivity index (χ4n) is 1.57. The van der Waals surface area contributed by atoms with E-state index in [9.17, 15) is 25.0 Å². The second kappa shape index (κ2) is 6.62. The predicted molar refractivity (Wildman–Crippen MR) is 69.7 cm³/mol. The van der Waals surface area contributed by atoms with E-state index in [-0.39, 0.29) is 12.2 Å². The second-order valence-electron chi connectivity index (χ2n) is 3.69. The van der Waals surface area contributed by atoms with E-state index >= 15 is 0 Å². The molecule has 10 heteroatoms. The molecule has 1 aromatic carbocycles. The highest BCUT2D eigenvalue weighted by Gasteiger charge is 2.32. The highest BCUT2D eigenvalue weighted by atomic mass is 35.5. The molecule has 0 unspecified atom stereocenters. The van der Waals surface area contributed by atoms with E-state index in [1.165, 1.54) is 6.92 Å². The molecule has 0 aliphatic heterocycles. The van der Waals surface area contributed by atoms with Crippen molar-refractivity contribution in [3.8, 4) is 6.07 Å². The Labute approximate surface area is 123 Å². The van der Waals surface area contributed by atoms with Crippen molar-refractivity contribution in [3.05, 3.63) is 42.9 Å². The first-order valence-electron chi connectivity index (χ1n) is 5.51. The van der Waals surface area contributed by atoms with E-state index in [1.807, 2.05) is 0 Å². The number of ether oxygens (including phenoxy) is 1. The minimum absolute atomic E-state index is 0.0223. The Morgan fingerprint density at radius 2 is 1.95 bits per heavy atom. The zero-order chi connectivity index (χ0) is 16.2. The summed E-state index contributed by atoms with van der Waals surface area (Å²) >= 11 is 5.66. The third-order valence-electron chi connectivity index (χ3n) is 2.45. The minimum atomic E-state index is -1.59. The summed E-state index contributed by atoms with van der Waals surface area (Å²) in [6.45, 7) is 1.48. The first kappa shape index (κ1) is 16.3. The van der Waals surface area contributed by atoms with Crippen LogP contribution in [0.15, 0.2) is 12.1 Å². The molecule has 0 N–H and O–H groups in total. The molecule has 0 saturated heterocycles. The topological polar surface area (TPSA) is 136 Å². The van der Waals surface area contributed by atoms with Crippen molar-refractivity contribution >= 4 is 28.9 Å². The third kappa shape index (κ3) is 3.43. The van der Waals surface area contributed by atoms with Gasteiger partial charge in [0.2, 0.25) is 0 Å². The molecule has 9 nitrogen and oxygen atoms in total. The number of nitro benzene ring substituents is 2. The molecular formula is C11H8ClN3O6. The van der Waals surface area contributed by atoms with E-state index in [2.05, 4.69) is 4.74 Å². The van der Waals surface area contributed by atoms with Crippen LogP contribution in [0, 0.1) is 31.6 Å². The van der Waals surface area contributed by atoms with Crippen molar-refractivity contribution in [2.45, 2.75) is 12.8 Å². The van der Waals surface area contributed by atoms with Crippen LogP contribution in [-0.4, -0.2) is 22.4 Å². The summed E-state index contributed by atoms with van der Waals surface area (Å²) in [4.78, 5) is 31.5. The lowest BCUT2D eigenvalue weighted by Crippen LogP contribution is -2.16. The van der Waals surface area contributed by atoms with Gasteiger partial charge in [-0.1, -0.05) is 11.6 Å². The van der Waals surface area contributed by atoms with Crippen LogP contribution in [-0.2, 0) is 9.53 Å². The number of nitriles is 1. The standard InChI is InChI=1S/C11H8ClN3O6/c1-2-21-11(16)7(5-13)6-3-8(12)10(15(19)20)4-9(6)14(17)18/h3-4,7H,2H2,1H3/t7-/m1/s1. The Hall–Kier alpha value is -2.73. The molecule has 0 aromatic heterocycles. The maximum absolute atomic E-state index is 11.6. The summed E-state index contributed by atoms with van der Waals surface area (Å²) in [6, 6.07) is 3.04. The molecule has 1 atom stereocenters. The number of rotatable bonds is 5. The summed E-state index contributed by atoms with van der Waals surface area (Å²) in [5.74, 6) is -2.59. The number of hydrogen-bond donors (Lipinski definition) is 0. The predicted octanol–water partition coefficient (Wildman–Crippen LogP) is 2.33. The smallest absolute Gasteiger partial charge is 0.328 e. The fraction of sp³-hybridized carbons (Fsp3) is 0.273. The van der Waals surface area contributed by atoms with Crippen LogP contribution in [0.2, 0.25) is 5.02 Å².